The number of hydrogen-bond acceptors (Lipinski definition) is 2. The molecule has 128 valence electrons. The van der Waals surface area contributed by atoms with Crippen LogP contribution in [0.2, 0.25) is 0 Å². The standard InChI is InChI=1S/C21H24BNO2/c1-20(2)21(3,4)25-22(24-20)19-11-7-8-16(12-19)13-23-14-17-9-5-6-10-18(17)15-23/h5-12,14-15H,13H2,1-4H3. The fourth-order valence-electron chi connectivity index (χ4n) is 3.26. The van der Waals surface area contributed by atoms with E-state index in [2.05, 4.69) is 93.2 Å². The first-order chi connectivity index (χ1) is 11.8. The van der Waals surface area contributed by atoms with Crippen molar-refractivity contribution in [3.8, 4) is 0 Å². The zero-order valence-electron chi connectivity index (χ0n) is 15.3. The van der Waals surface area contributed by atoms with Gasteiger partial charge in [-0.15, -0.1) is 0 Å². The average Bonchev–Trinajstić information content (AvgIpc) is 3.05. The third-order valence-electron chi connectivity index (χ3n) is 5.45. The quantitative estimate of drug-likeness (QED) is 0.677. The Kier molecular flexibility index (Phi) is 3.78. The van der Waals surface area contributed by atoms with Gasteiger partial charge in [-0.2, -0.15) is 0 Å². The molecule has 4 rings (SSSR count). The van der Waals surface area contributed by atoms with Crippen molar-refractivity contribution >= 4 is 23.4 Å². The lowest BCUT2D eigenvalue weighted by Gasteiger charge is -2.32. The van der Waals surface area contributed by atoms with Crippen LogP contribution in [0, 0.1) is 0 Å². The molecule has 3 nitrogen and oxygen atoms in total. The molecule has 0 N–H and O–H groups in total. The highest BCUT2D eigenvalue weighted by atomic mass is 16.7. The van der Waals surface area contributed by atoms with E-state index < -0.39 is 0 Å². The van der Waals surface area contributed by atoms with Gasteiger partial charge in [0.05, 0.1) is 11.2 Å². The Morgan fingerprint density at radius 1 is 0.840 bits per heavy atom. The highest BCUT2D eigenvalue weighted by Crippen LogP contribution is 2.36. The molecular weight excluding hydrogens is 309 g/mol. The van der Waals surface area contributed by atoms with Crippen LogP contribution in [-0.2, 0) is 15.9 Å². The summed E-state index contributed by atoms with van der Waals surface area (Å²) in [5, 5.41) is 2.54. The van der Waals surface area contributed by atoms with Crippen LogP contribution >= 0.6 is 0 Å². The van der Waals surface area contributed by atoms with Crippen LogP contribution < -0.4 is 5.46 Å². The summed E-state index contributed by atoms with van der Waals surface area (Å²) < 4.78 is 14.6. The van der Waals surface area contributed by atoms with Crippen molar-refractivity contribution in [1.82, 2.24) is 4.57 Å². The Hall–Kier alpha value is -2.04. The molecule has 0 bridgehead atoms. The lowest BCUT2D eigenvalue weighted by Crippen LogP contribution is -2.41. The van der Waals surface area contributed by atoms with Crippen LogP contribution in [0.25, 0.3) is 10.8 Å². The minimum atomic E-state index is -0.314. The molecule has 0 atom stereocenters. The van der Waals surface area contributed by atoms with Crippen molar-refractivity contribution in [2.24, 2.45) is 0 Å². The smallest absolute Gasteiger partial charge is 0.399 e. The number of benzene rings is 2. The van der Waals surface area contributed by atoms with Gasteiger partial charge in [-0.05, 0) is 49.5 Å². The van der Waals surface area contributed by atoms with Gasteiger partial charge in [0.2, 0.25) is 0 Å². The summed E-state index contributed by atoms with van der Waals surface area (Å²) in [4.78, 5) is 0. The Labute approximate surface area is 149 Å². The van der Waals surface area contributed by atoms with Gasteiger partial charge in [0, 0.05) is 18.9 Å². The van der Waals surface area contributed by atoms with Gasteiger partial charge in [0.25, 0.3) is 0 Å². The molecule has 0 radical (unpaired) electrons. The molecule has 3 aromatic rings. The van der Waals surface area contributed by atoms with Crippen molar-refractivity contribution in [3.63, 3.8) is 0 Å². The lowest BCUT2D eigenvalue weighted by molar-refractivity contribution is 0.00578. The van der Waals surface area contributed by atoms with Crippen molar-refractivity contribution in [3.05, 3.63) is 66.5 Å². The van der Waals surface area contributed by atoms with E-state index in [1.54, 1.807) is 0 Å². The fourth-order valence-corrected chi connectivity index (χ4v) is 3.26. The minimum Gasteiger partial charge on any atom is -0.399 e. The van der Waals surface area contributed by atoms with E-state index in [-0.39, 0.29) is 18.3 Å². The van der Waals surface area contributed by atoms with Gasteiger partial charge >= 0.3 is 7.12 Å². The molecule has 2 aromatic carbocycles. The number of fused-ring (bicyclic) bond motifs is 1. The first-order valence-electron chi connectivity index (χ1n) is 8.83. The molecule has 1 aliphatic rings. The summed E-state index contributed by atoms with van der Waals surface area (Å²) in [5.74, 6) is 0. The minimum absolute atomic E-state index is 0.311. The zero-order chi connectivity index (χ0) is 17.7. The monoisotopic (exact) mass is 333 g/mol. The van der Waals surface area contributed by atoms with E-state index in [9.17, 15) is 0 Å². The molecular formula is C21H24BNO2. The second-order valence-corrected chi connectivity index (χ2v) is 7.89. The van der Waals surface area contributed by atoms with Crippen LogP contribution in [0.5, 0.6) is 0 Å². The molecule has 1 aromatic heterocycles. The molecule has 0 unspecified atom stereocenters. The first-order valence-corrected chi connectivity index (χ1v) is 8.83. The summed E-state index contributed by atoms with van der Waals surface area (Å²) in [6.45, 7) is 9.18. The summed E-state index contributed by atoms with van der Waals surface area (Å²) >= 11 is 0. The molecule has 1 saturated heterocycles. The van der Waals surface area contributed by atoms with Gasteiger partial charge in [0.1, 0.15) is 0 Å². The fraction of sp³-hybridized carbons (Fsp3) is 0.333. The Morgan fingerprint density at radius 3 is 2.04 bits per heavy atom. The number of hydrogen-bond donors (Lipinski definition) is 0. The summed E-state index contributed by atoms with van der Waals surface area (Å²) in [7, 11) is -0.311. The van der Waals surface area contributed by atoms with Crippen molar-refractivity contribution in [2.45, 2.75) is 45.4 Å². The highest BCUT2D eigenvalue weighted by molar-refractivity contribution is 6.62. The molecule has 25 heavy (non-hydrogen) atoms. The zero-order valence-corrected chi connectivity index (χ0v) is 15.3. The number of rotatable bonds is 3. The normalized spacial score (nSPS) is 18.8. The van der Waals surface area contributed by atoms with Gasteiger partial charge in [0.15, 0.2) is 0 Å². The van der Waals surface area contributed by atoms with Crippen LogP contribution in [0.3, 0.4) is 0 Å². The van der Waals surface area contributed by atoms with E-state index >= 15 is 0 Å². The molecule has 2 heterocycles. The van der Waals surface area contributed by atoms with Crippen molar-refractivity contribution in [2.75, 3.05) is 0 Å². The van der Waals surface area contributed by atoms with Gasteiger partial charge in [-0.3, -0.25) is 0 Å². The number of nitrogens with zero attached hydrogens (tertiary/aromatic N) is 1. The predicted molar refractivity (Wildman–Crippen MR) is 103 cm³/mol. The van der Waals surface area contributed by atoms with Crippen LogP contribution in [0.4, 0.5) is 0 Å². The summed E-state index contributed by atoms with van der Waals surface area (Å²) in [6, 6.07) is 16.9. The Balaban J connectivity index is 1.58. The lowest BCUT2D eigenvalue weighted by atomic mass is 9.78. The summed E-state index contributed by atoms with van der Waals surface area (Å²) in [5.41, 5.74) is 1.69. The Bertz CT molecular complexity index is 864. The second-order valence-electron chi connectivity index (χ2n) is 7.89. The highest BCUT2D eigenvalue weighted by Gasteiger charge is 2.51. The maximum atomic E-state index is 6.17. The SMILES string of the molecule is CC1(C)OB(c2cccc(Cn3cc4ccccc4c3)c2)OC1(C)C. The van der Waals surface area contributed by atoms with E-state index in [1.807, 2.05) is 0 Å². The maximum Gasteiger partial charge on any atom is 0.494 e. The van der Waals surface area contributed by atoms with Gasteiger partial charge in [-0.25, -0.2) is 0 Å². The number of aromatic nitrogens is 1. The first kappa shape index (κ1) is 16.4. The van der Waals surface area contributed by atoms with Crippen molar-refractivity contribution in [1.29, 1.82) is 0 Å². The van der Waals surface area contributed by atoms with Crippen molar-refractivity contribution < 1.29 is 9.31 Å². The van der Waals surface area contributed by atoms with Crippen LogP contribution in [0.1, 0.15) is 33.3 Å². The maximum absolute atomic E-state index is 6.17. The topological polar surface area (TPSA) is 23.4 Å². The third kappa shape index (κ3) is 3.01. The molecule has 1 fully saturated rings. The van der Waals surface area contributed by atoms with Gasteiger partial charge in [-0.1, -0.05) is 48.5 Å². The molecule has 0 spiro atoms. The summed E-state index contributed by atoms with van der Waals surface area (Å²) in [6.07, 6.45) is 4.38. The Morgan fingerprint density at radius 2 is 1.44 bits per heavy atom. The van der Waals surface area contributed by atoms with Gasteiger partial charge < -0.3 is 13.9 Å². The van der Waals surface area contributed by atoms with E-state index in [0.717, 1.165) is 12.0 Å². The van der Waals surface area contributed by atoms with Crippen LogP contribution in [-0.4, -0.2) is 22.9 Å². The van der Waals surface area contributed by atoms with E-state index in [1.165, 1.54) is 16.3 Å². The second kappa shape index (κ2) is 5.75. The molecule has 0 aliphatic carbocycles. The van der Waals surface area contributed by atoms with Crippen LogP contribution in [0.15, 0.2) is 60.9 Å². The third-order valence-corrected chi connectivity index (χ3v) is 5.45. The molecule has 0 amide bonds. The predicted octanol–water partition coefficient (Wildman–Crippen LogP) is 3.99. The molecule has 4 heteroatoms. The largest absolute Gasteiger partial charge is 0.494 e. The molecule has 1 aliphatic heterocycles. The van der Waals surface area contributed by atoms with E-state index in [4.69, 9.17) is 9.31 Å². The average molecular weight is 333 g/mol. The molecule has 0 saturated carbocycles. The van der Waals surface area contributed by atoms with E-state index in [0.29, 0.717) is 0 Å².